The first kappa shape index (κ1) is 14.6. The Morgan fingerprint density at radius 1 is 1.23 bits per heavy atom. The van der Waals surface area contributed by atoms with E-state index in [0.29, 0.717) is 0 Å². The largest absolute Gasteiger partial charge is 0.497 e. The van der Waals surface area contributed by atoms with Crippen LogP contribution in [0.2, 0.25) is 0 Å². The molecule has 1 aromatic carbocycles. The van der Waals surface area contributed by atoms with Crippen LogP contribution in [0.1, 0.15) is 0 Å². The van der Waals surface area contributed by atoms with Crippen LogP contribution in [0.25, 0.3) is 10.9 Å². The van der Waals surface area contributed by atoms with Gasteiger partial charge in [0.05, 0.1) is 19.2 Å². The van der Waals surface area contributed by atoms with E-state index in [1.807, 2.05) is 35.2 Å². The normalized spacial score (nSPS) is 16.0. The van der Waals surface area contributed by atoms with E-state index in [-0.39, 0.29) is 6.54 Å². The zero-order valence-corrected chi connectivity index (χ0v) is 12.5. The third-order valence-corrected chi connectivity index (χ3v) is 3.94. The van der Waals surface area contributed by atoms with Crippen LogP contribution < -0.4 is 9.64 Å². The number of anilines is 1. The molecule has 1 aromatic heterocycles. The monoisotopic (exact) mass is 301 g/mol. The molecule has 0 spiro atoms. The van der Waals surface area contributed by atoms with Crippen molar-refractivity contribution in [3.8, 4) is 5.75 Å². The van der Waals surface area contributed by atoms with Crippen molar-refractivity contribution in [1.82, 2.24) is 9.88 Å². The third-order valence-electron chi connectivity index (χ3n) is 3.94. The van der Waals surface area contributed by atoms with Gasteiger partial charge in [-0.1, -0.05) is 0 Å². The average Bonchev–Trinajstić information content (AvgIpc) is 2.54. The molecule has 0 bridgehead atoms. The lowest BCUT2D eigenvalue weighted by atomic mass is 10.2. The molecule has 116 valence electrons. The summed E-state index contributed by atoms with van der Waals surface area (Å²) in [7, 11) is 1.65. The van der Waals surface area contributed by atoms with E-state index in [1.165, 1.54) is 0 Å². The number of pyridine rings is 1. The smallest absolute Gasteiger partial charge is 0.317 e. The van der Waals surface area contributed by atoms with Crippen LogP contribution in [0.15, 0.2) is 30.3 Å². The molecule has 3 rings (SSSR count). The lowest BCUT2D eigenvalue weighted by molar-refractivity contribution is -0.138. The van der Waals surface area contributed by atoms with Crippen LogP contribution in [-0.2, 0) is 4.79 Å². The van der Waals surface area contributed by atoms with E-state index in [0.717, 1.165) is 48.6 Å². The fourth-order valence-corrected chi connectivity index (χ4v) is 2.72. The van der Waals surface area contributed by atoms with E-state index in [2.05, 4.69) is 4.90 Å². The van der Waals surface area contributed by atoms with Crippen LogP contribution in [-0.4, -0.2) is 60.8 Å². The van der Waals surface area contributed by atoms with Gasteiger partial charge in [-0.2, -0.15) is 0 Å². The highest BCUT2D eigenvalue weighted by Gasteiger charge is 2.19. The molecular weight excluding hydrogens is 282 g/mol. The number of carboxylic acid groups (broad SMARTS) is 1. The Morgan fingerprint density at radius 3 is 2.68 bits per heavy atom. The number of ether oxygens (including phenoxy) is 1. The predicted molar refractivity (Wildman–Crippen MR) is 84.6 cm³/mol. The number of carboxylic acids is 1. The van der Waals surface area contributed by atoms with Gasteiger partial charge in [-0.25, -0.2) is 4.98 Å². The summed E-state index contributed by atoms with van der Waals surface area (Å²) in [4.78, 5) is 19.6. The van der Waals surface area contributed by atoms with E-state index >= 15 is 0 Å². The summed E-state index contributed by atoms with van der Waals surface area (Å²) in [6.07, 6.45) is 0. The van der Waals surface area contributed by atoms with Gasteiger partial charge < -0.3 is 14.7 Å². The van der Waals surface area contributed by atoms with Crippen LogP contribution in [0.5, 0.6) is 5.75 Å². The summed E-state index contributed by atoms with van der Waals surface area (Å²) in [5, 5.41) is 9.88. The molecule has 0 amide bonds. The molecule has 1 saturated heterocycles. The maximum absolute atomic E-state index is 10.7. The SMILES string of the molecule is COc1ccc2nc(N3CCN(CC(=O)O)CC3)ccc2c1. The van der Waals surface area contributed by atoms with Crippen molar-refractivity contribution in [2.75, 3.05) is 44.7 Å². The minimum absolute atomic E-state index is 0.110. The van der Waals surface area contributed by atoms with Gasteiger partial charge in [0.25, 0.3) is 0 Å². The maximum atomic E-state index is 10.7. The van der Waals surface area contributed by atoms with Gasteiger partial charge in [0.2, 0.25) is 0 Å². The lowest BCUT2D eigenvalue weighted by Gasteiger charge is -2.34. The van der Waals surface area contributed by atoms with Crippen molar-refractivity contribution in [2.45, 2.75) is 0 Å². The van der Waals surface area contributed by atoms with Crippen LogP contribution >= 0.6 is 0 Å². The van der Waals surface area contributed by atoms with Gasteiger partial charge in [-0.3, -0.25) is 9.69 Å². The summed E-state index contributed by atoms with van der Waals surface area (Å²) in [6.45, 7) is 3.19. The number of benzene rings is 1. The van der Waals surface area contributed by atoms with E-state index in [1.54, 1.807) is 7.11 Å². The van der Waals surface area contributed by atoms with Crippen LogP contribution in [0.4, 0.5) is 5.82 Å². The Kier molecular flexibility index (Phi) is 4.11. The Labute approximate surface area is 128 Å². The molecule has 0 saturated carbocycles. The van der Waals surface area contributed by atoms with Gasteiger partial charge in [0.15, 0.2) is 0 Å². The highest BCUT2D eigenvalue weighted by Crippen LogP contribution is 2.23. The standard InChI is InChI=1S/C16H19N3O3/c1-22-13-3-4-14-12(10-13)2-5-15(17-14)19-8-6-18(7-9-19)11-16(20)21/h2-5,10H,6-9,11H2,1H3,(H,20,21). The molecule has 0 atom stereocenters. The Morgan fingerprint density at radius 2 is 2.00 bits per heavy atom. The summed E-state index contributed by atoms with van der Waals surface area (Å²) < 4.78 is 5.22. The number of piperazine rings is 1. The highest BCUT2D eigenvalue weighted by atomic mass is 16.5. The van der Waals surface area contributed by atoms with Crippen molar-refractivity contribution >= 4 is 22.7 Å². The fraction of sp³-hybridized carbons (Fsp3) is 0.375. The minimum Gasteiger partial charge on any atom is -0.497 e. The first-order valence-corrected chi connectivity index (χ1v) is 7.29. The molecule has 0 radical (unpaired) electrons. The molecule has 1 aliphatic heterocycles. The topological polar surface area (TPSA) is 65.9 Å². The third kappa shape index (κ3) is 3.12. The minimum atomic E-state index is -0.772. The number of carbonyl (C=O) groups is 1. The van der Waals surface area contributed by atoms with Gasteiger partial charge in [0, 0.05) is 31.6 Å². The van der Waals surface area contributed by atoms with Gasteiger partial charge in [0.1, 0.15) is 11.6 Å². The number of hydrogen-bond acceptors (Lipinski definition) is 5. The van der Waals surface area contributed by atoms with Gasteiger partial charge >= 0.3 is 5.97 Å². The quantitative estimate of drug-likeness (QED) is 0.922. The summed E-state index contributed by atoms with van der Waals surface area (Å²) in [5.41, 5.74) is 0.936. The molecule has 0 unspecified atom stereocenters. The van der Waals surface area contributed by atoms with E-state index in [4.69, 9.17) is 14.8 Å². The zero-order valence-electron chi connectivity index (χ0n) is 12.5. The van der Waals surface area contributed by atoms with E-state index < -0.39 is 5.97 Å². The number of nitrogens with zero attached hydrogens (tertiary/aromatic N) is 3. The molecule has 6 nitrogen and oxygen atoms in total. The molecule has 6 heteroatoms. The van der Waals surface area contributed by atoms with Crippen molar-refractivity contribution in [3.05, 3.63) is 30.3 Å². The second-order valence-corrected chi connectivity index (χ2v) is 5.39. The number of hydrogen-bond donors (Lipinski definition) is 1. The first-order chi connectivity index (χ1) is 10.7. The molecule has 1 aliphatic rings. The fourth-order valence-electron chi connectivity index (χ4n) is 2.72. The number of aromatic nitrogens is 1. The Balaban J connectivity index is 1.73. The summed E-state index contributed by atoms with van der Waals surface area (Å²) >= 11 is 0. The second-order valence-electron chi connectivity index (χ2n) is 5.39. The van der Waals surface area contributed by atoms with Crippen molar-refractivity contribution in [2.24, 2.45) is 0 Å². The zero-order chi connectivity index (χ0) is 15.5. The number of fused-ring (bicyclic) bond motifs is 1. The Bertz CT molecular complexity index is 681. The van der Waals surface area contributed by atoms with Crippen LogP contribution in [0.3, 0.4) is 0 Å². The number of rotatable bonds is 4. The summed E-state index contributed by atoms with van der Waals surface area (Å²) in [5.74, 6) is 0.989. The molecule has 1 N–H and O–H groups in total. The number of methoxy groups -OCH3 is 1. The van der Waals surface area contributed by atoms with Crippen LogP contribution in [0, 0.1) is 0 Å². The molecule has 2 heterocycles. The predicted octanol–water partition coefficient (Wildman–Crippen LogP) is 1.45. The first-order valence-electron chi connectivity index (χ1n) is 7.29. The van der Waals surface area contributed by atoms with Crippen molar-refractivity contribution in [1.29, 1.82) is 0 Å². The van der Waals surface area contributed by atoms with Gasteiger partial charge in [-0.05, 0) is 30.3 Å². The maximum Gasteiger partial charge on any atom is 0.317 e. The van der Waals surface area contributed by atoms with Crippen molar-refractivity contribution in [3.63, 3.8) is 0 Å². The lowest BCUT2D eigenvalue weighted by Crippen LogP contribution is -2.48. The molecule has 0 aliphatic carbocycles. The van der Waals surface area contributed by atoms with E-state index in [9.17, 15) is 4.79 Å². The average molecular weight is 301 g/mol. The highest BCUT2D eigenvalue weighted by molar-refractivity contribution is 5.81. The van der Waals surface area contributed by atoms with Gasteiger partial charge in [-0.15, -0.1) is 0 Å². The molecule has 22 heavy (non-hydrogen) atoms. The molecule has 2 aromatic rings. The van der Waals surface area contributed by atoms with Crippen molar-refractivity contribution < 1.29 is 14.6 Å². The molecule has 1 fully saturated rings. The Hall–Kier alpha value is -2.34. The number of aliphatic carboxylic acids is 1. The summed E-state index contributed by atoms with van der Waals surface area (Å²) in [6, 6.07) is 9.89. The molecular formula is C16H19N3O3. The second kappa shape index (κ2) is 6.19.